The molecule has 0 fully saturated rings. The fraction of sp³-hybridized carbons (Fsp3) is 0.645. The van der Waals surface area contributed by atoms with E-state index in [1.165, 1.54) is 83.5 Å². The Morgan fingerprint density at radius 1 is 0.714 bits per heavy atom. The van der Waals surface area contributed by atoms with Crippen molar-refractivity contribution in [2.45, 2.75) is 123 Å². The number of hydrogen-bond acceptors (Lipinski definition) is 3. The van der Waals surface area contributed by atoms with Gasteiger partial charge in [0.1, 0.15) is 12.4 Å². The highest BCUT2D eigenvalue weighted by molar-refractivity contribution is 5.30. The first-order valence-electron chi connectivity index (χ1n) is 14.2. The Kier molecular flexibility index (Phi) is 15.0. The maximum atomic E-state index is 12.5. The summed E-state index contributed by atoms with van der Waals surface area (Å²) in [6.07, 6.45) is 21.8. The van der Waals surface area contributed by atoms with E-state index in [4.69, 9.17) is 9.47 Å². The summed E-state index contributed by atoms with van der Waals surface area (Å²) in [5, 5.41) is 0. The SMILES string of the molecule is CCCCCCCCCCCCCCCCn1ccc(=O)c(OCc2ccc(OC)cc2)c1CC. The molecule has 0 N–H and O–H groups in total. The minimum atomic E-state index is -0.0347. The molecule has 4 heteroatoms. The highest BCUT2D eigenvalue weighted by Crippen LogP contribution is 2.19. The minimum absolute atomic E-state index is 0.0347. The van der Waals surface area contributed by atoms with Gasteiger partial charge in [0.2, 0.25) is 5.43 Å². The summed E-state index contributed by atoms with van der Waals surface area (Å²) in [6, 6.07) is 9.42. The van der Waals surface area contributed by atoms with E-state index in [9.17, 15) is 4.79 Å². The lowest BCUT2D eigenvalue weighted by Gasteiger charge is -2.17. The summed E-state index contributed by atoms with van der Waals surface area (Å²) < 4.78 is 13.4. The lowest BCUT2D eigenvalue weighted by atomic mass is 10.0. The van der Waals surface area contributed by atoms with Crippen LogP contribution in [0.15, 0.2) is 41.3 Å². The molecule has 0 amide bonds. The number of benzene rings is 1. The summed E-state index contributed by atoms with van der Waals surface area (Å²) in [7, 11) is 1.66. The fourth-order valence-corrected chi connectivity index (χ4v) is 4.68. The van der Waals surface area contributed by atoms with Crippen LogP contribution in [0.1, 0.15) is 115 Å². The molecule has 0 unspecified atom stereocenters. The quantitative estimate of drug-likeness (QED) is 0.177. The lowest BCUT2D eigenvalue weighted by molar-refractivity contribution is 0.295. The van der Waals surface area contributed by atoms with Crippen LogP contribution in [0.5, 0.6) is 11.5 Å². The standard InChI is InChI=1S/C31H49NO3/c1-4-6-7-8-9-10-11-12-13-14-15-16-17-18-24-32-25-23-30(33)31(29(32)5-2)35-26-27-19-21-28(34-3)22-20-27/h19-23,25H,4-18,24,26H2,1-3H3. The van der Waals surface area contributed by atoms with Crippen molar-refractivity contribution in [1.82, 2.24) is 4.57 Å². The van der Waals surface area contributed by atoms with Gasteiger partial charge in [-0.15, -0.1) is 0 Å². The molecule has 0 aliphatic heterocycles. The van der Waals surface area contributed by atoms with Crippen LogP contribution in [0.2, 0.25) is 0 Å². The van der Waals surface area contributed by atoms with Crippen molar-refractivity contribution in [3.8, 4) is 11.5 Å². The van der Waals surface area contributed by atoms with Crippen molar-refractivity contribution < 1.29 is 9.47 Å². The van der Waals surface area contributed by atoms with Crippen molar-refractivity contribution in [2.75, 3.05) is 7.11 Å². The molecule has 0 spiro atoms. The molecule has 196 valence electrons. The zero-order chi connectivity index (χ0) is 25.1. The summed E-state index contributed by atoms with van der Waals surface area (Å²) in [6.45, 7) is 5.70. The van der Waals surface area contributed by atoms with Gasteiger partial charge < -0.3 is 14.0 Å². The molecule has 0 bridgehead atoms. The van der Waals surface area contributed by atoms with Crippen LogP contribution in [0.25, 0.3) is 0 Å². The van der Waals surface area contributed by atoms with Crippen LogP contribution < -0.4 is 14.9 Å². The molecule has 2 aromatic rings. The van der Waals surface area contributed by atoms with Gasteiger partial charge in [0.25, 0.3) is 0 Å². The minimum Gasteiger partial charge on any atom is -0.497 e. The van der Waals surface area contributed by atoms with Gasteiger partial charge in [-0.25, -0.2) is 0 Å². The summed E-state index contributed by atoms with van der Waals surface area (Å²) >= 11 is 0. The maximum absolute atomic E-state index is 12.5. The highest BCUT2D eigenvalue weighted by Gasteiger charge is 2.11. The highest BCUT2D eigenvalue weighted by atomic mass is 16.5. The van der Waals surface area contributed by atoms with Gasteiger partial charge in [-0.05, 0) is 30.5 Å². The first-order valence-corrected chi connectivity index (χ1v) is 14.2. The molecule has 1 aromatic heterocycles. The molecule has 0 atom stereocenters. The van der Waals surface area contributed by atoms with Crippen LogP contribution >= 0.6 is 0 Å². The predicted molar refractivity (Wildman–Crippen MR) is 148 cm³/mol. The number of nitrogens with zero attached hydrogens (tertiary/aromatic N) is 1. The van der Waals surface area contributed by atoms with Crippen LogP contribution in [-0.4, -0.2) is 11.7 Å². The smallest absolute Gasteiger partial charge is 0.223 e. The Hall–Kier alpha value is -2.23. The lowest BCUT2D eigenvalue weighted by Crippen LogP contribution is -2.16. The average Bonchev–Trinajstić information content (AvgIpc) is 2.88. The normalized spacial score (nSPS) is 11.1. The molecule has 1 heterocycles. The maximum Gasteiger partial charge on any atom is 0.223 e. The summed E-state index contributed by atoms with van der Waals surface area (Å²) in [5.41, 5.74) is 1.99. The second-order valence-electron chi connectivity index (χ2n) is 9.74. The second-order valence-corrected chi connectivity index (χ2v) is 9.74. The second kappa shape index (κ2) is 18.1. The largest absolute Gasteiger partial charge is 0.497 e. The Labute approximate surface area is 214 Å². The molecule has 4 nitrogen and oxygen atoms in total. The Morgan fingerprint density at radius 2 is 1.26 bits per heavy atom. The van der Waals surface area contributed by atoms with Gasteiger partial charge in [-0.2, -0.15) is 0 Å². The van der Waals surface area contributed by atoms with E-state index in [1.807, 2.05) is 30.5 Å². The van der Waals surface area contributed by atoms with Gasteiger partial charge in [-0.1, -0.05) is 109 Å². The first kappa shape index (κ1) is 29.0. The van der Waals surface area contributed by atoms with Gasteiger partial charge in [0.05, 0.1) is 12.8 Å². The third-order valence-corrected chi connectivity index (χ3v) is 6.87. The number of rotatable bonds is 20. The Bertz CT molecular complexity index is 857. The van der Waals surface area contributed by atoms with Gasteiger partial charge >= 0.3 is 0 Å². The number of unbranched alkanes of at least 4 members (excludes halogenated alkanes) is 13. The third kappa shape index (κ3) is 11.4. The molecule has 0 saturated carbocycles. The molecular formula is C31H49NO3. The fourth-order valence-electron chi connectivity index (χ4n) is 4.68. The van der Waals surface area contributed by atoms with E-state index in [1.54, 1.807) is 13.2 Å². The van der Waals surface area contributed by atoms with Gasteiger partial charge in [-0.3, -0.25) is 4.79 Å². The molecule has 0 aliphatic rings. The molecule has 0 saturated heterocycles. The molecule has 0 radical (unpaired) electrons. The van der Waals surface area contributed by atoms with Crippen molar-refractivity contribution >= 4 is 0 Å². The van der Waals surface area contributed by atoms with E-state index < -0.39 is 0 Å². The van der Waals surface area contributed by atoms with Crippen LogP contribution in [-0.2, 0) is 19.6 Å². The number of ether oxygens (including phenoxy) is 2. The van der Waals surface area contributed by atoms with E-state index in [2.05, 4.69) is 18.4 Å². The average molecular weight is 484 g/mol. The number of pyridine rings is 1. The van der Waals surface area contributed by atoms with Crippen molar-refractivity contribution in [1.29, 1.82) is 0 Å². The Morgan fingerprint density at radius 3 is 1.77 bits per heavy atom. The Balaban J connectivity index is 1.65. The molecule has 0 aliphatic carbocycles. The summed E-state index contributed by atoms with van der Waals surface area (Å²) in [5.74, 6) is 1.31. The van der Waals surface area contributed by atoms with Crippen molar-refractivity contribution in [2.24, 2.45) is 0 Å². The van der Waals surface area contributed by atoms with Gasteiger partial charge in [0.15, 0.2) is 5.75 Å². The van der Waals surface area contributed by atoms with Crippen LogP contribution in [0.3, 0.4) is 0 Å². The monoisotopic (exact) mass is 483 g/mol. The number of aromatic nitrogens is 1. The predicted octanol–water partition coefficient (Wildman–Crippen LogP) is 8.48. The topological polar surface area (TPSA) is 40.5 Å². The van der Waals surface area contributed by atoms with Gasteiger partial charge in [0, 0.05) is 18.8 Å². The summed E-state index contributed by atoms with van der Waals surface area (Å²) in [4.78, 5) is 12.5. The van der Waals surface area contributed by atoms with E-state index in [-0.39, 0.29) is 5.43 Å². The molecule has 35 heavy (non-hydrogen) atoms. The molecule has 2 rings (SSSR count). The number of hydrogen-bond donors (Lipinski definition) is 0. The zero-order valence-electron chi connectivity index (χ0n) is 22.7. The zero-order valence-corrected chi connectivity index (χ0v) is 22.7. The van der Waals surface area contributed by atoms with Crippen LogP contribution in [0, 0.1) is 0 Å². The first-order chi connectivity index (χ1) is 17.2. The van der Waals surface area contributed by atoms with E-state index in [0.717, 1.165) is 36.4 Å². The molecular weight excluding hydrogens is 434 g/mol. The third-order valence-electron chi connectivity index (χ3n) is 6.87. The van der Waals surface area contributed by atoms with E-state index in [0.29, 0.717) is 12.4 Å². The van der Waals surface area contributed by atoms with Crippen molar-refractivity contribution in [3.05, 3.63) is 58.0 Å². The van der Waals surface area contributed by atoms with Crippen LogP contribution in [0.4, 0.5) is 0 Å². The molecule has 1 aromatic carbocycles. The van der Waals surface area contributed by atoms with E-state index >= 15 is 0 Å². The number of aryl methyl sites for hydroxylation is 1. The van der Waals surface area contributed by atoms with Crippen molar-refractivity contribution in [3.63, 3.8) is 0 Å². The number of methoxy groups -OCH3 is 1.